The molecule has 1 aliphatic carbocycles. The van der Waals surface area contributed by atoms with Crippen molar-refractivity contribution in [3.05, 3.63) is 34.3 Å². The topological polar surface area (TPSA) is 38.3 Å². The van der Waals surface area contributed by atoms with E-state index in [1.165, 1.54) is 0 Å². The highest BCUT2D eigenvalue weighted by molar-refractivity contribution is 9.10. The van der Waals surface area contributed by atoms with E-state index in [4.69, 9.17) is 4.74 Å². The van der Waals surface area contributed by atoms with Gasteiger partial charge in [0.25, 0.3) is 0 Å². The summed E-state index contributed by atoms with van der Waals surface area (Å²) in [4.78, 5) is 11.7. The van der Waals surface area contributed by atoms with E-state index in [2.05, 4.69) is 21.2 Å². The summed E-state index contributed by atoms with van der Waals surface area (Å²) in [7, 11) is 0. The number of ether oxygens (including phenoxy) is 1. The Labute approximate surface area is 128 Å². The Balaban J connectivity index is 2.14. The van der Waals surface area contributed by atoms with Crippen molar-refractivity contribution < 1.29 is 22.7 Å². The largest absolute Gasteiger partial charge is 0.417 e. The number of hydrogen-bond acceptors (Lipinski definition) is 2. The Morgan fingerprint density at radius 3 is 2.62 bits per heavy atom. The summed E-state index contributed by atoms with van der Waals surface area (Å²) < 4.78 is 45.9. The molecule has 2 aliphatic rings. The number of carbonyl (C=O) groups excluding carboxylic acids is 1. The lowest BCUT2D eigenvalue weighted by Gasteiger charge is -2.45. The lowest BCUT2D eigenvalue weighted by atomic mass is 9.78. The molecule has 1 aromatic carbocycles. The maximum Gasteiger partial charge on any atom is 0.417 e. The van der Waals surface area contributed by atoms with Gasteiger partial charge >= 0.3 is 6.18 Å². The first kappa shape index (κ1) is 14.8. The van der Waals surface area contributed by atoms with E-state index in [0.29, 0.717) is 22.9 Å². The normalized spacial score (nSPS) is 30.1. The number of amides is 1. The second-order valence-electron chi connectivity index (χ2n) is 5.43. The molecule has 2 unspecified atom stereocenters. The maximum absolute atomic E-state index is 13.4. The number of morpholine rings is 1. The average molecular weight is 364 g/mol. The third-order valence-corrected chi connectivity index (χ3v) is 4.46. The van der Waals surface area contributed by atoms with Gasteiger partial charge in [-0.3, -0.25) is 4.79 Å². The molecule has 1 saturated heterocycles. The SMILES string of the molecule is O=C1COC(C(F)(F)F)C(c2cccc(Br)c2)(C2CC2)N1. The first-order valence-electron chi connectivity index (χ1n) is 6.59. The Kier molecular flexibility index (Phi) is 3.52. The molecule has 0 bridgehead atoms. The van der Waals surface area contributed by atoms with E-state index in [0.717, 1.165) is 0 Å². The Morgan fingerprint density at radius 2 is 2.05 bits per heavy atom. The van der Waals surface area contributed by atoms with Crippen LogP contribution in [0.1, 0.15) is 18.4 Å². The lowest BCUT2D eigenvalue weighted by Crippen LogP contribution is -2.65. The van der Waals surface area contributed by atoms with Crippen molar-refractivity contribution in [3.8, 4) is 0 Å². The number of carbonyl (C=O) groups is 1. The van der Waals surface area contributed by atoms with Crippen LogP contribution in [0.15, 0.2) is 28.7 Å². The molecule has 3 nitrogen and oxygen atoms in total. The van der Waals surface area contributed by atoms with E-state index >= 15 is 0 Å². The molecule has 0 aromatic heterocycles. The van der Waals surface area contributed by atoms with Crippen LogP contribution in [0.4, 0.5) is 13.2 Å². The zero-order valence-electron chi connectivity index (χ0n) is 10.9. The molecule has 2 fully saturated rings. The average Bonchev–Trinajstić information content (AvgIpc) is 3.21. The molecular formula is C14H13BrF3NO2. The summed E-state index contributed by atoms with van der Waals surface area (Å²) >= 11 is 3.27. The molecule has 0 spiro atoms. The molecule has 21 heavy (non-hydrogen) atoms. The summed E-state index contributed by atoms with van der Waals surface area (Å²) in [6.07, 6.45) is -5.28. The van der Waals surface area contributed by atoms with Crippen LogP contribution in [-0.4, -0.2) is 24.8 Å². The Bertz CT molecular complexity index is 574. The summed E-state index contributed by atoms with van der Waals surface area (Å²) in [6, 6.07) is 6.62. The fourth-order valence-corrected chi connectivity index (χ4v) is 3.43. The van der Waals surface area contributed by atoms with E-state index < -0.39 is 30.3 Å². The highest BCUT2D eigenvalue weighted by Gasteiger charge is 2.64. The van der Waals surface area contributed by atoms with Crippen LogP contribution in [0, 0.1) is 5.92 Å². The quantitative estimate of drug-likeness (QED) is 0.876. The molecule has 7 heteroatoms. The van der Waals surface area contributed by atoms with Gasteiger partial charge in [-0.15, -0.1) is 0 Å². The summed E-state index contributed by atoms with van der Waals surface area (Å²) in [6.45, 7) is -0.563. The standard InChI is InChI=1S/C14H13BrF3NO2/c15-10-3-1-2-9(6-10)13(8-4-5-8)12(14(16,17)18)21-7-11(20)19-13/h1-3,6,8,12H,4-5,7H2,(H,19,20). The second kappa shape index (κ2) is 4.98. The number of halogens is 4. The lowest BCUT2D eigenvalue weighted by molar-refractivity contribution is -0.257. The van der Waals surface area contributed by atoms with E-state index in [9.17, 15) is 18.0 Å². The third-order valence-electron chi connectivity index (χ3n) is 3.96. The fourth-order valence-electron chi connectivity index (χ4n) is 3.04. The zero-order valence-corrected chi connectivity index (χ0v) is 12.5. The smallest absolute Gasteiger partial charge is 0.356 e. The molecule has 1 amide bonds. The molecule has 2 atom stereocenters. The molecule has 1 saturated carbocycles. The fraction of sp³-hybridized carbons (Fsp3) is 0.500. The van der Waals surface area contributed by atoms with E-state index in [-0.39, 0.29) is 5.92 Å². The van der Waals surface area contributed by atoms with Gasteiger partial charge in [0.2, 0.25) is 5.91 Å². The van der Waals surface area contributed by atoms with Crippen LogP contribution in [0.5, 0.6) is 0 Å². The van der Waals surface area contributed by atoms with Gasteiger partial charge in [-0.05, 0) is 36.5 Å². The highest BCUT2D eigenvalue weighted by Crippen LogP contribution is 2.53. The van der Waals surface area contributed by atoms with Crippen molar-refractivity contribution in [3.63, 3.8) is 0 Å². The number of benzene rings is 1. The molecule has 0 radical (unpaired) electrons. The van der Waals surface area contributed by atoms with E-state index in [1.807, 2.05) is 0 Å². The third kappa shape index (κ3) is 2.57. The number of rotatable bonds is 2. The van der Waals surface area contributed by atoms with Gasteiger partial charge in [0, 0.05) is 4.47 Å². The number of hydrogen-bond donors (Lipinski definition) is 1. The van der Waals surface area contributed by atoms with Crippen molar-refractivity contribution in [2.24, 2.45) is 5.92 Å². The minimum Gasteiger partial charge on any atom is -0.356 e. The zero-order chi connectivity index (χ0) is 15.3. The summed E-state index contributed by atoms with van der Waals surface area (Å²) in [5.41, 5.74) is -1.10. The van der Waals surface area contributed by atoms with Crippen molar-refractivity contribution in [2.45, 2.75) is 30.7 Å². The van der Waals surface area contributed by atoms with Gasteiger partial charge in [0.05, 0.1) is 0 Å². The van der Waals surface area contributed by atoms with Crippen LogP contribution < -0.4 is 5.32 Å². The molecule has 1 N–H and O–H groups in total. The van der Waals surface area contributed by atoms with Gasteiger partial charge in [-0.25, -0.2) is 0 Å². The van der Waals surface area contributed by atoms with Crippen molar-refractivity contribution in [1.29, 1.82) is 0 Å². The number of nitrogens with one attached hydrogen (secondary N) is 1. The molecule has 1 aliphatic heterocycles. The first-order chi connectivity index (χ1) is 9.84. The van der Waals surface area contributed by atoms with Gasteiger partial charge < -0.3 is 10.1 Å². The van der Waals surface area contributed by atoms with Crippen molar-refractivity contribution in [1.82, 2.24) is 5.32 Å². The molecule has 1 heterocycles. The van der Waals surface area contributed by atoms with Crippen LogP contribution in [-0.2, 0) is 15.1 Å². The predicted octanol–water partition coefficient (Wildman–Crippen LogP) is 3.13. The van der Waals surface area contributed by atoms with Crippen molar-refractivity contribution in [2.75, 3.05) is 6.61 Å². The minimum absolute atomic E-state index is 0.261. The molecule has 1 aromatic rings. The summed E-state index contributed by atoms with van der Waals surface area (Å²) in [5.74, 6) is -0.773. The Hall–Kier alpha value is -1.08. The van der Waals surface area contributed by atoms with Gasteiger partial charge in [0.15, 0.2) is 6.10 Å². The molecule has 3 rings (SSSR count). The molecule has 114 valence electrons. The monoisotopic (exact) mass is 363 g/mol. The molecular weight excluding hydrogens is 351 g/mol. The van der Waals surface area contributed by atoms with E-state index in [1.54, 1.807) is 24.3 Å². The maximum atomic E-state index is 13.4. The Morgan fingerprint density at radius 1 is 1.33 bits per heavy atom. The van der Waals surface area contributed by atoms with Crippen molar-refractivity contribution >= 4 is 21.8 Å². The highest BCUT2D eigenvalue weighted by atomic mass is 79.9. The first-order valence-corrected chi connectivity index (χ1v) is 7.38. The van der Waals surface area contributed by atoms with Gasteiger partial charge in [-0.1, -0.05) is 28.1 Å². The van der Waals surface area contributed by atoms with Crippen LogP contribution in [0.3, 0.4) is 0 Å². The predicted molar refractivity (Wildman–Crippen MR) is 72.5 cm³/mol. The van der Waals surface area contributed by atoms with Crippen LogP contribution in [0.25, 0.3) is 0 Å². The minimum atomic E-state index is -4.54. The number of alkyl halides is 3. The summed E-state index contributed by atoms with van der Waals surface area (Å²) in [5, 5.41) is 2.59. The van der Waals surface area contributed by atoms with Gasteiger partial charge in [-0.2, -0.15) is 13.2 Å². The second-order valence-corrected chi connectivity index (χ2v) is 6.35. The van der Waals surface area contributed by atoms with Crippen LogP contribution >= 0.6 is 15.9 Å². The van der Waals surface area contributed by atoms with Crippen LogP contribution in [0.2, 0.25) is 0 Å². The van der Waals surface area contributed by atoms with Gasteiger partial charge in [0.1, 0.15) is 12.1 Å².